The first-order chi connectivity index (χ1) is 8.27. The Morgan fingerprint density at radius 3 is 2.39 bits per heavy atom. The van der Waals surface area contributed by atoms with E-state index >= 15 is 0 Å². The van der Waals surface area contributed by atoms with Crippen molar-refractivity contribution in [3.05, 3.63) is 29.8 Å². The molecule has 7 heteroatoms. The average Bonchev–Trinajstić information content (AvgIpc) is 2.30. The van der Waals surface area contributed by atoms with E-state index in [1.165, 1.54) is 0 Å². The number of hydrogen-bond donors (Lipinski definition) is 1. The summed E-state index contributed by atoms with van der Waals surface area (Å²) in [5.41, 5.74) is 0. The number of benzene rings is 1. The van der Waals surface area contributed by atoms with Crippen LogP contribution in [-0.4, -0.2) is 20.3 Å². The van der Waals surface area contributed by atoms with Crippen molar-refractivity contribution in [3.63, 3.8) is 0 Å². The van der Waals surface area contributed by atoms with E-state index in [2.05, 4.69) is 4.72 Å². The van der Waals surface area contributed by atoms with E-state index in [1.807, 2.05) is 0 Å². The van der Waals surface area contributed by atoms with Crippen molar-refractivity contribution in [2.45, 2.75) is 24.8 Å². The molecule has 0 heterocycles. The van der Waals surface area contributed by atoms with Crippen molar-refractivity contribution >= 4 is 21.6 Å². The Hall–Kier alpha value is -0.720. The van der Waals surface area contributed by atoms with E-state index in [0.717, 1.165) is 12.1 Å². The van der Waals surface area contributed by atoms with Crippen LogP contribution in [0.2, 0.25) is 0 Å². The van der Waals surface area contributed by atoms with Gasteiger partial charge in [-0.1, -0.05) is 6.92 Å². The second-order valence-corrected chi connectivity index (χ2v) is 6.14. The van der Waals surface area contributed by atoms with Crippen molar-refractivity contribution < 1.29 is 17.2 Å². The Balaban J connectivity index is 2.96. The van der Waals surface area contributed by atoms with Gasteiger partial charge in [0.2, 0.25) is 10.0 Å². The number of halogens is 3. The Labute approximate surface area is 110 Å². The molecule has 0 fully saturated rings. The monoisotopic (exact) mass is 297 g/mol. The lowest BCUT2D eigenvalue weighted by Crippen LogP contribution is -2.37. The maximum absolute atomic E-state index is 13.0. The normalized spacial score (nSPS) is 15.4. The minimum atomic E-state index is -3.87. The summed E-state index contributed by atoms with van der Waals surface area (Å²) >= 11 is 5.62. The van der Waals surface area contributed by atoms with E-state index in [1.54, 1.807) is 13.8 Å². The molecule has 0 radical (unpaired) electrons. The summed E-state index contributed by atoms with van der Waals surface area (Å²) in [6, 6.07) is 2.04. The third-order valence-corrected chi connectivity index (χ3v) is 4.68. The number of sulfonamides is 1. The average molecular weight is 298 g/mol. The molecule has 0 aliphatic rings. The standard InChI is InChI=1S/C11H14ClF2NO2S/c1-7(6-12)8(2)15-18(16,17)9-3-4-10(13)11(14)5-9/h3-5,7-8,15H,6H2,1-2H3. The summed E-state index contributed by atoms with van der Waals surface area (Å²) in [5.74, 6) is -2.07. The highest BCUT2D eigenvalue weighted by atomic mass is 35.5. The second-order valence-electron chi connectivity index (χ2n) is 4.12. The fourth-order valence-corrected chi connectivity index (χ4v) is 2.84. The summed E-state index contributed by atoms with van der Waals surface area (Å²) in [5, 5.41) is 0. The third-order valence-electron chi connectivity index (χ3n) is 2.64. The lowest BCUT2D eigenvalue weighted by molar-refractivity contribution is 0.478. The number of alkyl halides is 1. The number of nitrogens with one attached hydrogen (secondary N) is 1. The van der Waals surface area contributed by atoms with Crippen LogP contribution in [0.5, 0.6) is 0 Å². The van der Waals surface area contributed by atoms with Gasteiger partial charge in [0, 0.05) is 11.9 Å². The first-order valence-corrected chi connectivity index (χ1v) is 7.33. The zero-order valence-corrected chi connectivity index (χ0v) is 11.5. The Kier molecular flexibility index (Phi) is 5.07. The molecule has 0 saturated heterocycles. The van der Waals surface area contributed by atoms with Crippen LogP contribution in [0.15, 0.2) is 23.1 Å². The van der Waals surface area contributed by atoms with E-state index in [9.17, 15) is 17.2 Å². The van der Waals surface area contributed by atoms with Gasteiger partial charge in [-0.3, -0.25) is 0 Å². The van der Waals surface area contributed by atoms with E-state index < -0.39 is 27.7 Å². The fraction of sp³-hybridized carbons (Fsp3) is 0.455. The van der Waals surface area contributed by atoms with E-state index in [0.29, 0.717) is 11.9 Å². The number of rotatable bonds is 5. The van der Waals surface area contributed by atoms with Crippen LogP contribution in [0.25, 0.3) is 0 Å². The molecular weight excluding hydrogens is 284 g/mol. The minimum Gasteiger partial charge on any atom is -0.208 e. The molecule has 2 unspecified atom stereocenters. The van der Waals surface area contributed by atoms with Crippen LogP contribution >= 0.6 is 11.6 Å². The Bertz CT molecular complexity index is 522. The molecule has 0 bridgehead atoms. The lowest BCUT2D eigenvalue weighted by Gasteiger charge is -2.19. The summed E-state index contributed by atoms with van der Waals surface area (Å²) in [4.78, 5) is -0.310. The lowest BCUT2D eigenvalue weighted by atomic mass is 10.1. The van der Waals surface area contributed by atoms with Gasteiger partial charge in [0.05, 0.1) is 4.90 Å². The molecule has 18 heavy (non-hydrogen) atoms. The highest BCUT2D eigenvalue weighted by Crippen LogP contribution is 2.15. The van der Waals surface area contributed by atoms with Gasteiger partial charge in [-0.2, -0.15) is 0 Å². The van der Waals surface area contributed by atoms with Crippen LogP contribution in [0.4, 0.5) is 8.78 Å². The molecule has 0 aromatic heterocycles. The molecule has 0 aliphatic heterocycles. The molecule has 1 N–H and O–H groups in total. The topological polar surface area (TPSA) is 46.2 Å². The van der Waals surface area contributed by atoms with Gasteiger partial charge < -0.3 is 0 Å². The van der Waals surface area contributed by atoms with Crippen LogP contribution < -0.4 is 4.72 Å². The molecule has 1 aromatic rings. The zero-order chi connectivity index (χ0) is 13.9. The summed E-state index contributed by atoms with van der Waals surface area (Å²) < 4.78 is 51.8. The smallest absolute Gasteiger partial charge is 0.208 e. The molecule has 0 amide bonds. The third kappa shape index (κ3) is 3.63. The zero-order valence-electron chi connectivity index (χ0n) is 9.95. The van der Waals surface area contributed by atoms with Gasteiger partial charge in [0.15, 0.2) is 11.6 Å². The molecule has 1 rings (SSSR count). The van der Waals surface area contributed by atoms with Crippen LogP contribution in [-0.2, 0) is 10.0 Å². The highest BCUT2D eigenvalue weighted by molar-refractivity contribution is 7.89. The minimum absolute atomic E-state index is 0.0771. The van der Waals surface area contributed by atoms with E-state index in [4.69, 9.17) is 11.6 Å². The maximum atomic E-state index is 13.0. The molecular formula is C11H14ClF2NO2S. The fourth-order valence-electron chi connectivity index (χ4n) is 1.21. The number of hydrogen-bond acceptors (Lipinski definition) is 2. The highest BCUT2D eigenvalue weighted by Gasteiger charge is 2.21. The van der Waals surface area contributed by atoms with Gasteiger partial charge in [0.25, 0.3) is 0 Å². The van der Waals surface area contributed by atoms with Crippen molar-refractivity contribution in [3.8, 4) is 0 Å². The van der Waals surface area contributed by atoms with Crippen molar-refractivity contribution in [1.29, 1.82) is 0 Å². The SMILES string of the molecule is CC(CCl)C(C)NS(=O)(=O)c1ccc(F)c(F)c1. The first kappa shape index (κ1) is 15.3. The quantitative estimate of drug-likeness (QED) is 0.849. The Morgan fingerprint density at radius 2 is 1.89 bits per heavy atom. The summed E-state index contributed by atoms with van der Waals surface area (Å²) in [7, 11) is -3.87. The molecule has 3 nitrogen and oxygen atoms in total. The van der Waals surface area contributed by atoms with Gasteiger partial charge in [-0.05, 0) is 31.0 Å². The van der Waals surface area contributed by atoms with Crippen LogP contribution in [0.1, 0.15) is 13.8 Å². The van der Waals surface area contributed by atoms with Gasteiger partial charge in [0.1, 0.15) is 0 Å². The summed E-state index contributed by atoms with van der Waals surface area (Å²) in [6.45, 7) is 3.44. The molecule has 0 spiro atoms. The predicted octanol–water partition coefficient (Wildman–Crippen LogP) is 2.51. The maximum Gasteiger partial charge on any atom is 0.240 e. The molecule has 1 aromatic carbocycles. The van der Waals surface area contributed by atoms with Crippen molar-refractivity contribution in [2.75, 3.05) is 5.88 Å². The second kappa shape index (κ2) is 5.95. The molecule has 0 aliphatic carbocycles. The van der Waals surface area contributed by atoms with Crippen LogP contribution in [0, 0.1) is 17.6 Å². The van der Waals surface area contributed by atoms with Crippen molar-refractivity contribution in [2.24, 2.45) is 5.92 Å². The van der Waals surface area contributed by atoms with Gasteiger partial charge in [-0.15, -0.1) is 11.6 Å². The molecule has 0 saturated carbocycles. The van der Waals surface area contributed by atoms with Gasteiger partial charge in [-0.25, -0.2) is 21.9 Å². The Morgan fingerprint density at radius 1 is 1.28 bits per heavy atom. The first-order valence-electron chi connectivity index (χ1n) is 5.31. The van der Waals surface area contributed by atoms with Crippen molar-refractivity contribution in [1.82, 2.24) is 4.72 Å². The molecule has 2 atom stereocenters. The summed E-state index contributed by atoms with van der Waals surface area (Å²) in [6.07, 6.45) is 0. The van der Waals surface area contributed by atoms with Crippen LogP contribution in [0.3, 0.4) is 0 Å². The predicted molar refractivity (Wildman–Crippen MR) is 66.0 cm³/mol. The molecule has 102 valence electrons. The van der Waals surface area contributed by atoms with E-state index in [-0.39, 0.29) is 10.8 Å². The largest absolute Gasteiger partial charge is 0.240 e. The van der Waals surface area contributed by atoms with Gasteiger partial charge >= 0.3 is 0 Å².